The van der Waals surface area contributed by atoms with Gasteiger partial charge < -0.3 is 5.32 Å². The van der Waals surface area contributed by atoms with Crippen LogP contribution in [0.2, 0.25) is 0 Å². The number of anilines is 1. The molecule has 1 N–H and O–H groups in total. The molecule has 0 saturated heterocycles. The first-order valence-electron chi connectivity index (χ1n) is 4.17. The number of hydrogen-bond acceptors (Lipinski definition) is 2. The van der Waals surface area contributed by atoms with Crippen molar-refractivity contribution in [2.45, 2.75) is 25.1 Å². The molecule has 2 unspecified atom stereocenters. The van der Waals surface area contributed by atoms with E-state index in [0.717, 1.165) is 12.1 Å². The van der Waals surface area contributed by atoms with E-state index < -0.39 is 6.17 Å². The van der Waals surface area contributed by atoms with Crippen LogP contribution in [0.3, 0.4) is 0 Å². The zero-order chi connectivity index (χ0) is 8.39. The highest BCUT2D eigenvalue weighted by atomic mass is 19.1. The third kappa shape index (κ3) is 1.40. The Morgan fingerprint density at radius 3 is 2.92 bits per heavy atom. The molecule has 1 aromatic heterocycles. The fourth-order valence-electron chi connectivity index (χ4n) is 1.28. The fraction of sp³-hybridized carbons (Fsp3) is 0.444. The van der Waals surface area contributed by atoms with Gasteiger partial charge in [0.15, 0.2) is 0 Å². The molecule has 2 rings (SSSR count). The van der Waals surface area contributed by atoms with E-state index in [2.05, 4.69) is 10.3 Å². The smallest absolute Gasteiger partial charge is 0.120 e. The third-order valence-corrected chi connectivity index (χ3v) is 2.20. The average Bonchev–Trinajstić information content (AvgIpc) is 2.14. The Balaban J connectivity index is 1.95. The Labute approximate surface area is 70.8 Å². The lowest BCUT2D eigenvalue weighted by Crippen LogP contribution is -2.39. The van der Waals surface area contributed by atoms with Crippen molar-refractivity contribution in [3.63, 3.8) is 0 Å². The number of hydrogen-bond donors (Lipinski definition) is 1. The first-order valence-corrected chi connectivity index (χ1v) is 4.17. The number of alkyl halides is 1. The quantitative estimate of drug-likeness (QED) is 0.726. The molecular formula is C9H11FN2. The van der Waals surface area contributed by atoms with E-state index in [0.29, 0.717) is 6.42 Å². The second kappa shape index (κ2) is 3.09. The summed E-state index contributed by atoms with van der Waals surface area (Å²) in [6, 6.07) is 3.75. The highest BCUT2D eigenvalue weighted by Crippen LogP contribution is 2.26. The molecule has 1 fully saturated rings. The maximum Gasteiger partial charge on any atom is 0.120 e. The zero-order valence-corrected chi connectivity index (χ0v) is 6.70. The van der Waals surface area contributed by atoms with Crippen molar-refractivity contribution in [3.8, 4) is 0 Å². The predicted molar refractivity (Wildman–Crippen MR) is 45.8 cm³/mol. The van der Waals surface area contributed by atoms with E-state index in [9.17, 15) is 4.39 Å². The fourth-order valence-corrected chi connectivity index (χ4v) is 1.28. The van der Waals surface area contributed by atoms with E-state index in [1.54, 1.807) is 12.4 Å². The van der Waals surface area contributed by atoms with Crippen molar-refractivity contribution < 1.29 is 4.39 Å². The Bertz CT molecular complexity index is 250. The van der Waals surface area contributed by atoms with Gasteiger partial charge in [0.05, 0.1) is 11.7 Å². The number of aromatic nitrogens is 1. The molecule has 0 radical (unpaired) electrons. The molecule has 1 heterocycles. The van der Waals surface area contributed by atoms with Gasteiger partial charge in [0.1, 0.15) is 6.17 Å². The lowest BCUT2D eigenvalue weighted by Gasteiger charge is -2.31. The molecule has 2 nitrogen and oxygen atoms in total. The highest BCUT2D eigenvalue weighted by Gasteiger charge is 2.30. The van der Waals surface area contributed by atoms with Gasteiger partial charge >= 0.3 is 0 Å². The topological polar surface area (TPSA) is 24.9 Å². The third-order valence-electron chi connectivity index (χ3n) is 2.20. The zero-order valence-electron chi connectivity index (χ0n) is 6.70. The normalized spacial score (nSPS) is 27.8. The molecule has 1 saturated carbocycles. The molecule has 0 aromatic carbocycles. The first kappa shape index (κ1) is 7.53. The van der Waals surface area contributed by atoms with Gasteiger partial charge in [-0.2, -0.15) is 0 Å². The summed E-state index contributed by atoms with van der Waals surface area (Å²) in [5.41, 5.74) is 0.907. The Morgan fingerprint density at radius 1 is 1.50 bits per heavy atom. The summed E-state index contributed by atoms with van der Waals surface area (Å²) >= 11 is 0. The van der Waals surface area contributed by atoms with Crippen LogP contribution < -0.4 is 5.32 Å². The largest absolute Gasteiger partial charge is 0.378 e. The molecule has 2 atom stereocenters. The van der Waals surface area contributed by atoms with Gasteiger partial charge in [-0.3, -0.25) is 4.98 Å². The SMILES string of the molecule is FC1CCC1Nc1cccnc1. The van der Waals surface area contributed by atoms with Crippen LogP contribution in [0.15, 0.2) is 24.5 Å². The molecule has 0 aliphatic heterocycles. The minimum Gasteiger partial charge on any atom is -0.378 e. The van der Waals surface area contributed by atoms with Crippen LogP contribution >= 0.6 is 0 Å². The summed E-state index contributed by atoms with van der Waals surface area (Å²) in [4.78, 5) is 3.94. The second-order valence-electron chi connectivity index (χ2n) is 3.09. The van der Waals surface area contributed by atoms with E-state index in [4.69, 9.17) is 0 Å². The standard InChI is InChI=1S/C9H11FN2/c10-8-3-4-9(8)12-7-2-1-5-11-6-7/h1-2,5-6,8-9,12H,3-4H2. The van der Waals surface area contributed by atoms with Gasteiger partial charge in [0.25, 0.3) is 0 Å². The Kier molecular flexibility index (Phi) is 1.94. The molecule has 1 aliphatic carbocycles. The van der Waals surface area contributed by atoms with Crippen LogP contribution in [0.4, 0.5) is 10.1 Å². The van der Waals surface area contributed by atoms with Crippen LogP contribution in [-0.4, -0.2) is 17.2 Å². The van der Waals surface area contributed by atoms with Gasteiger partial charge in [-0.25, -0.2) is 4.39 Å². The van der Waals surface area contributed by atoms with Crippen LogP contribution in [-0.2, 0) is 0 Å². The number of nitrogens with zero attached hydrogens (tertiary/aromatic N) is 1. The first-order chi connectivity index (χ1) is 5.86. The van der Waals surface area contributed by atoms with Crippen molar-refractivity contribution in [2.24, 2.45) is 0 Å². The summed E-state index contributed by atoms with van der Waals surface area (Å²) in [6.45, 7) is 0. The predicted octanol–water partition coefficient (Wildman–Crippen LogP) is 1.99. The van der Waals surface area contributed by atoms with Gasteiger partial charge in [-0.05, 0) is 25.0 Å². The van der Waals surface area contributed by atoms with Gasteiger partial charge in [0, 0.05) is 12.4 Å². The molecular weight excluding hydrogens is 155 g/mol. The van der Waals surface area contributed by atoms with Crippen LogP contribution in [0.5, 0.6) is 0 Å². The second-order valence-corrected chi connectivity index (χ2v) is 3.09. The van der Waals surface area contributed by atoms with E-state index in [1.165, 1.54) is 0 Å². The molecule has 0 spiro atoms. The monoisotopic (exact) mass is 166 g/mol. The summed E-state index contributed by atoms with van der Waals surface area (Å²) in [7, 11) is 0. The van der Waals surface area contributed by atoms with Crippen LogP contribution in [0.25, 0.3) is 0 Å². The van der Waals surface area contributed by atoms with Crippen molar-refractivity contribution in [2.75, 3.05) is 5.32 Å². The number of rotatable bonds is 2. The molecule has 3 heteroatoms. The molecule has 0 amide bonds. The average molecular weight is 166 g/mol. The minimum absolute atomic E-state index is 0.00852. The number of halogens is 1. The molecule has 12 heavy (non-hydrogen) atoms. The lowest BCUT2D eigenvalue weighted by atomic mass is 9.90. The van der Waals surface area contributed by atoms with Gasteiger partial charge in [-0.1, -0.05) is 0 Å². The maximum absolute atomic E-state index is 12.8. The molecule has 0 bridgehead atoms. The Hall–Kier alpha value is -1.12. The Morgan fingerprint density at radius 2 is 2.42 bits per heavy atom. The highest BCUT2D eigenvalue weighted by molar-refractivity contribution is 5.41. The van der Waals surface area contributed by atoms with Crippen molar-refractivity contribution in [1.29, 1.82) is 0 Å². The van der Waals surface area contributed by atoms with E-state index >= 15 is 0 Å². The van der Waals surface area contributed by atoms with Crippen molar-refractivity contribution in [1.82, 2.24) is 4.98 Å². The summed E-state index contributed by atoms with van der Waals surface area (Å²) in [5, 5.41) is 3.09. The van der Waals surface area contributed by atoms with E-state index in [1.807, 2.05) is 12.1 Å². The van der Waals surface area contributed by atoms with Crippen LogP contribution in [0, 0.1) is 0 Å². The van der Waals surface area contributed by atoms with E-state index in [-0.39, 0.29) is 6.04 Å². The molecule has 1 aromatic rings. The summed E-state index contributed by atoms with van der Waals surface area (Å²) < 4.78 is 12.8. The minimum atomic E-state index is -0.676. The maximum atomic E-state index is 12.8. The molecule has 64 valence electrons. The molecule has 1 aliphatic rings. The van der Waals surface area contributed by atoms with Crippen molar-refractivity contribution in [3.05, 3.63) is 24.5 Å². The van der Waals surface area contributed by atoms with Gasteiger partial charge in [-0.15, -0.1) is 0 Å². The van der Waals surface area contributed by atoms with Crippen LogP contribution in [0.1, 0.15) is 12.8 Å². The number of nitrogens with one attached hydrogen (secondary N) is 1. The summed E-state index contributed by atoms with van der Waals surface area (Å²) in [6.07, 6.45) is 4.36. The lowest BCUT2D eigenvalue weighted by molar-refractivity contribution is 0.186. The summed E-state index contributed by atoms with van der Waals surface area (Å²) in [5.74, 6) is 0. The van der Waals surface area contributed by atoms with Crippen molar-refractivity contribution >= 4 is 5.69 Å². The number of pyridine rings is 1. The van der Waals surface area contributed by atoms with Gasteiger partial charge in [0.2, 0.25) is 0 Å².